The molecule has 3 aromatic carbocycles. The Kier molecular flexibility index (Phi) is 5.86. The normalized spacial score (nSPS) is 12.4. The lowest BCUT2D eigenvalue weighted by atomic mass is 9.97. The molecule has 0 radical (unpaired) electrons. The number of aliphatic imine (C=N–C) groups is 1. The van der Waals surface area contributed by atoms with E-state index in [4.69, 9.17) is 0 Å². The second-order valence-corrected chi connectivity index (χ2v) is 8.55. The summed E-state index contributed by atoms with van der Waals surface area (Å²) < 4.78 is 14.9. The van der Waals surface area contributed by atoms with Crippen LogP contribution in [0.15, 0.2) is 64.4 Å². The second-order valence-electron chi connectivity index (χ2n) is 8.55. The molecule has 0 unspecified atom stereocenters. The van der Waals surface area contributed by atoms with Crippen LogP contribution < -0.4 is 16.2 Å². The van der Waals surface area contributed by atoms with Gasteiger partial charge in [-0.3, -0.25) is 10.1 Å². The third-order valence-corrected chi connectivity index (χ3v) is 6.11. The Labute approximate surface area is 201 Å². The summed E-state index contributed by atoms with van der Waals surface area (Å²) in [6.45, 7) is 4.26. The van der Waals surface area contributed by atoms with Crippen molar-refractivity contribution in [2.45, 2.75) is 26.7 Å². The number of carbonyl (C=O) groups is 1. The van der Waals surface area contributed by atoms with Crippen LogP contribution in [0.25, 0.3) is 21.9 Å². The van der Waals surface area contributed by atoms with E-state index >= 15 is 0 Å². The SMILES string of the molecule is CCNC(=O)NC1=Nc2cc(-c3cc(Cc4n[nH]c(=O)c5c(C)cccc45)ccc3F)ccc2C1. The van der Waals surface area contributed by atoms with Crippen LogP contribution in [0.2, 0.25) is 0 Å². The molecule has 8 heteroatoms. The maximum absolute atomic E-state index is 14.9. The molecule has 4 aromatic rings. The average Bonchev–Trinajstić information content (AvgIpc) is 3.23. The minimum absolute atomic E-state index is 0.221. The van der Waals surface area contributed by atoms with Crippen LogP contribution in [0.1, 0.15) is 29.3 Å². The van der Waals surface area contributed by atoms with E-state index in [1.165, 1.54) is 6.07 Å². The summed E-state index contributed by atoms with van der Waals surface area (Å²) in [5, 5.41) is 13.7. The summed E-state index contributed by atoms with van der Waals surface area (Å²) >= 11 is 0. The molecule has 3 N–H and O–H groups in total. The number of nitrogens with zero attached hydrogens (tertiary/aromatic N) is 2. The van der Waals surface area contributed by atoms with Gasteiger partial charge in [0.25, 0.3) is 5.56 Å². The molecule has 176 valence electrons. The van der Waals surface area contributed by atoms with Crippen LogP contribution in [0.4, 0.5) is 14.9 Å². The molecule has 2 amide bonds. The number of hydrogen-bond donors (Lipinski definition) is 3. The Balaban J connectivity index is 1.46. The minimum atomic E-state index is -0.341. The largest absolute Gasteiger partial charge is 0.338 e. The van der Waals surface area contributed by atoms with E-state index in [9.17, 15) is 14.0 Å². The molecule has 0 saturated carbocycles. The summed E-state index contributed by atoms with van der Waals surface area (Å²) in [4.78, 5) is 28.6. The number of urea groups is 1. The molecule has 0 bridgehead atoms. The third-order valence-electron chi connectivity index (χ3n) is 6.11. The lowest BCUT2D eigenvalue weighted by Gasteiger charge is -2.10. The lowest BCUT2D eigenvalue weighted by Crippen LogP contribution is -2.39. The van der Waals surface area contributed by atoms with Crippen LogP contribution in [0, 0.1) is 12.7 Å². The number of halogens is 1. The Morgan fingerprint density at radius 1 is 1.14 bits per heavy atom. The number of aryl methyl sites for hydroxylation is 1. The van der Waals surface area contributed by atoms with Gasteiger partial charge in [-0.2, -0.15) is 5.10 Å². The maximum atomic E-state index is 14.9. The standard InChI is InChI=1S/C27H24FN5O2/c1-3-29-27(35)31-24-14-18-9-8-17(13-22(18)30-24)20-11-16(7-10-21(20)28)12-23-19-6-4-5-15(2)25(19)26(34)33-32-23/h4-11,13H,3,12,14H2,1-2H3,(H,33,34)(H2,29,30,31,35). The zero-order chi connectivity index (χ0) is 24.5. The van der Waals surface area contributed by atoms with Crippen molar-refractivity contribution < 1.29 is 9.18 Å². The van der Waals surface area contributed by atoms with Gasteiger partial charge in [-0.25, -0.2) is 19.3 Å². The summed E-state index contributed by atoms with van der Waals surface area (Å²) in [6, 6.07) is 16.0. The molecule has 0 atom stereocenters. The first kappa shape index (κ1) is 22.5. The van der Waals surface area contributed by atoms with Crippen molar-refractivity contribution in [3.63, 3.8) is 0 Å². The third kappa shape index (κ3) is 4.42. The number of carbonyl (C=O) groups excluding carboxylic acids is 1. The van der Waals surface area contributed by atoms with Crippen molar-refractivity contribution >= 4 is 28.3 Å². The molecule has 0 fully saturated rings. The van der Waals surface area contributed by atoms with Gasteiger partial charge in [-0.05, 0) is 54.3 Å². The fraction of sp³-hybridized carbons (Fsp3) is 0.185. The minimum Gasteiger partial charge on any atom is -0.338 e. The lowest BCUT2D eigenvalue weighted by molar-refractivity contribution is 0.245. The Morgan fingerprint density at radius 2 is 2.00 bits per heavy atom. The molecule has 7 nitrogen and oxygen atoms in total. The molecule has 1 aliphatic heterocycles. The first-order valence-corrected chi connectivity index (χ1v) is 11.4. The van der Waals surface area contributed by atoms with Crippen LogP contribution in [0.3, 0.4) is 0 Å². The van der Waals surface area contributed by atoms with Crippen molar-refractivity contribution in [3.8, 4) is 11.1 Å². The van der Waals surface area contributed by atoms with Crippen LogP contribution in [0.5, 0.6) is 0 Å². The van der Waals surface area contributed by atoms with E-state index in [0.29, 0.717) is 47.4 Å². The van der Waals surface area contributed by atoms with E-state index in [0.717, 1.165) is 27.8 Å². The van der Waals surface area contributed by atoms with Gasteiger partial charge in [-0.1, -0.05) is 36.4 Å². The van der Waals surface area contributed by atoms with Crippen molar-refractivity contribution in [1.82, 2.24) is 20.8 Å². The van der Waals surface area contributed by atoms with Gasteiger partial charge in [0.1, 0.15) is 11.7 Å². The summed E-state index contributed by atoms with van der Waals surface area (Å²) in [6.07, 6.45) is 0.952. The Morgan fingerprint density at radius 3 is 2.83 bits per heavy atom. The number of rotatable bonds is 4. The molecule has 0 aliphatic carbocycles. The topological polar surface area (TPSA) is 99.2 Å². The molecule has 2 heterocycles. The number of aromatic amines is 1. The zero-order valence-corrected chi connectivity index (χ0v) is 19.4. The molecular weight excluding hydrogens is 445 g/mol. The highest BCUT2D eigenvalue weighted by Gasteiger charge is 2.18. The highest BCUT2D eigenvalue weighted by Crippen LogP contribution is 2.33. The molecule has 35 heavy (non-hydrogen) atoms. The summed E-state index contributed by atoms with van der Waals surface area (Å²) in [5.74, 6) is 0.218. The Bertz CT molecular complexity index is 1560. The second kappa shape index (κ2) is 9.13. The molecule has 5 rings (SSSR count). The summed E-state index contributed by atoms with van der Waals surface area (Å²) in [7, 11) is 0. The number of benzene rings is 3. The number of aromatic nitrogens is 2. The van der Waals surface area contributed by atoms with Gasteiger partial charge < -0.3 is 5.32 Å². The highest BCUT2D eigenvalue weighted by molar-refractivity contribution is 6.02. The zero-order valence-electron chi connectivity index (χ0n) is 19.4. The number of H-pyrrole nitrogens is 1. The molecule has 0 saturated heterocycles. The van der Waals surface area contributed by atoms with Gasteiger partial charge in [-0.15, -0.1) is 0 Å². The number of amidine groups is 1. The van der Waals surface area contributed by atoms with Gasteiger partial charge in [0.2, 0.25) is 0 Å². The van der Waals surface area contributed by atoms with Crippen molar-refractivity contribution in [2.75, 3.05) is 6.54 Å². The predicted octanol–water partition coefficient (Wildman–Crippen LogP) is 4.53. The van der Waals surface area contributed by atoms with E-state index in [-0.39, 0.29) is 17.4 Å². The van der Waals surface area contributed by atoms with Gasteiger partial charge in [0.05, 0.1) is 16.8 Å². The summed E-state index contributed by atoms with van der Waals surface area (Å²) in [5.41, 5.74) is 5.08. The number of nitrogens with one attached hydrogen (secondary N) is 3. The first-order valence-electron chi connectivity index (χ1n) is 11.4. The number of hydrogen-bond acceptors (Lipinski definition) is 4. The predicted molar refractivity (Wildman–Crippen MR) is 135 cm³/mol. The average molecular weight is 470 g/mol. The molecular formula is C27H24FN5O2. The fourth-order valence-corrected chi connectivity index (χ4v) is 4.43. The van der Waals surface area contributed by atoms with Crippen LogP contribution in [-0.4, -0.2) is 28.6 Å². The van der Waals surface area contributed by atoms with Crippen molar-refractivity contribution in [3.05, 3.63) is 93.2 Å². The van der Waals surface area contributed by atoms with Crippen LogP contribution >= 0.6 is 0 Å². The monoisotopic (exact) mass is 469 g/mol. The quantitative estimate of drug-likeness (QED) is 0.409. The number of fused-ring (bicyclic) bond motifs is 2. The maximum Gasteiger partial charge on any atom is 0.320 e. The Hall–Kier alpha value is -4.33. The van der Waals surface area contributed by atoms with E-state index in [1.807, 2.05) is 50.2 Å². The molecule has 1 aliphatic rings. The van der Waals surface area contributed by atoms with E-state index in [2.05, 4.69) is 25.8 Å². The van der Waals surface area contributed by atoms with E-state index in [1.54, 1.807) is 12.1 Å². The molecule has 1 aromatic heterocycles. The molecule has 0 spiro atoms. The highest BCUT2D eigenvalue weighted by atomic mass is 19.1. The fourth-order valence-electron chi connectivity index (χ4n) is 4.43. The van der Waals surface area contributed by atoms with Crippen molar-refractivity contribution in [1.29, 1.82) is 0 Å². The van der Waals surface area contributed by atoms with Gasteiger partial charge in [0.15, 0.2) is 0 Å². The first-order chi connectivity index (χ1) is 16.9. The van der Waals surface area contributed by atoms with Crippen LogP contribution in [-0.2, 0) is 12.8 Å². The van der Waals surface area contributed by atoms with Gasteiger partial charge in [0, 0.05) is 30.3 Å². The smallest absolute Gasteiger partial charge is 0.320 e. The van der Waals surface area contributed by atoms with Gasteiger partial charge >= 0.3 is 6.03 Å². The van der Waals surface area contributed by atoms with Crippen molar-refractivity contribution in [2.24, 2.45) is 4.99 Å². The number of amides is 2. The van der Waals surface area contributed by atoms with E-state index < -0.39 is 0 Å².